The molecule has 3 amide bonds. The van der Waals surface area contributed by atoms with E-state index in [1.54, 1.807) is 0 Å². The second-order valence-electron chi connectivity index (χ2n) is 6.07. The Balaban J connectivity index is 1.81. The van der Waals surface area contributed by atoms with Gasteiger partial charge in [-0.25, -0.2) is 0 Å². The van der Waals surface area contributed by atoms with E-state index in [-0.39, 0.29) is 48.6 Å². The zero-order chi connectivity index (χ0) is 15.4. The summed E-state index contributed by atoms with van der Waals surface area (Å²) >= 11 is 0. The molecule has 118 valence electrons. The second-order valence-corrected chi connectivity index (χ2v) is 6.07. The number of nitrogens with one attached hydrogen (secondary N) is 2. The summed E-state index contributed by atoms with van der Waals surface area (Å²) in [6.45, 7) is 2.73. The molecule has 0 spiro atoms. The van der Waals surface area contributed by atoms with E-state index >= 15 is 0 Å². The molecule has 0 radical (unpaired) electrons. The van der Waals surface area contributed by atoms with Gasteiger partial charge < -0.3 is 10.6 Å². The van der Waals surface area contributed by atoms with Crippen LogP contribution in [0.25, 0.3) is 0 Å². The molecule has 3 atom stereocenters. The molecule has 2 aliphatic rings. The molecule has 1 aliphatic heterocycles. The fourth-order valence-electron chi connectivity index (χ4n) is 3.12. The van der Waals surface area contributed by atoms with Crippen LogP contribution in [0.2, 0.25) is 0 Å². The number of amides is 3. The Hall–Kier alpha value is -1.43. The molecular formula is C15H25N3O3. The number of hydrogen-bond acceptors (Lipinski definition) is 4. The van der Waals surface area contributed by atoms with Crippen molar-refractivity contribution in [3.8, 4) is 0 Å². The molecule has 6 nitrogen and oxygen atoms in total. The van der Waals surface area contributed by atoms with Gasteiger partial charge in [0.25, 0.3) is 0 Å². The Bertz CT molecular complexity index is 400. The molecule has 2 rings (SSSR count). The van der Waals surface area contributed by atoms with Crippen LogP contribution >= 0.6 is 0 Å². The van der Waals surface area contributed by atoms with E-state index in [2.05, 4.69) is 10.6 Å². The lowest BCUT2D eigenvalue weighted by atomic mass is 9.81. The van der Waals surface area contributed by atoms with Gasteiger partial charge in [0.15, 0.2) is 0 Å². The lowest BCUT2D eigenvalue weighted by Crippen LogP contribution is -2.39. The van der Waals surface area contributed by atoms with Crippen molar-refractivity contribution in [3.05, 3.63) is 0 Å². The second kappa shape index (κ2) is 7.02. The number of likely N-dealkylation sites (tertiary alicyclic amines) is 1. The van der Waals surface area contributed by atoms with Crippen molar-refractivity contribution < 1.29 is 14.4 Å². The van der Waals surface area contributed by atoms with Gasteiger partial charge >= 0.3 is 0 Å². The minimum atomic E-state index is -0.126. The van der Waals surface area contributed by atoms with Gasteiger partial charge in [-0.2, -0.15) is 0 Å². The molecule has 1 saturated heterocycles. The van der Waals surface area contributed by atoms with Crippen LogP contribution in [-0.4, -0.2) is 48.8 Å². The van der Waals surface area contributed by atoms with E-state index in [0.717, 1.165) is 25.7 Å². The molecule has 0 bridgehead atoms. The normalized spacial score (nSPS) is 26.7. The van der Waals surface area contributed by atoms with Gasteiger partial charge in [-0.3, -0.25) is 19.3 Å². The fraction of sp³-hybridized carbons (Fsp3) is 0.800. The molecular weight excluding hydrogens is 270 g/mol. The van der Waals surface area contributed by atoms with E-state index in [1.807, 2.05) is 14.0 Å². The highest BCUT2D eigenvalue weighted by molar-refractivity contribution is 6.05. The average molecular weight is 295 g/mol. The van der Waals surface area contributed by atoms with E-state index in [0.29, 0.717) is 6.54 Å². The topological polar surface area (TPSA) is 78.5 Å². The minimum Gasteiger partial charge on any atom is -0.354 e. The number of hydrogen-bond donors (Lipinski definition) is 2. The standard InChI is InChI=1S/C15H25N3O3/c1-10(16-2)9-17-13(19)7-8-18-14(20)11-5-3-4-6-12(11)15(18)21/h10-12,16H,3-9H2,1-2H3,(H,17,19). The summed E-state index contributed by atoms with van der Waals surface area (Å²) in [5, 5.41) is 5.83. The van der Waals surface area contributed by atoms with E-state index in [1.165, 1.54) is 4.90 Å². The molecule has 6 heteroatoms. The monoisotopic (exact) mass is 295 g/mol. The zero-order valence-electron chi connectivity index (χ0n) is 12.9. The van der Waals surface area contributed by atoms with Crippen molar-refractivity contribution in [1.29, 1.82) is 0 Å². The third-order valence-corrected chi connectivity index (χ3v) is 4.59. The largest absolute Gasteiger partial charge is 0.354 e. The maximum atomic E-state index is 12.2. The van der Waals surface area contributed by atoms with Gasteiger partial charge in [-0.15, -0.1) is 0 Å². The van der Waals surface area contributed by atoms with Gasteiger partial charge in [0.2, 0.25) is 17.7 Å². The Labute approximate surface area is 125 Å². The van der Waals surface area contributed by atoms with E-state index in [9.17, 15) is 14.4 Å². The molecule has 0 aromatic rings. The number of imide groups is 1. The first-order chi connectivity index (χ1) is 10.0. The molecule has 0 aromatic carbocycles. The number of fused-ring (bicyclic) bond motifs is 1. The van der Waals surface area contributed by atoms with Gasteiger partial charge in [-0.1, -0.05) is 12.8 Å². The van der Waals surface area contributed by atoms with Gasteiger partial charge in [0.1, 0.15) is 0 Å². The lowest BCUT2D eigenvalue weighted by Gasteiger charge is -2.19. The first-order valence-corrected chi connectivity index (χ1v) is 7.83. The van der Waals surface area contributed by atoms with E-state index < -0.39 is 0 Å². The van der Waals surface area contributed by atoms with Crippen LogP contribution < -0.4 is 10.6 Å². The average Bonchev–Trinajstić information content (AvgIpc) is 2.75. The van der Waals surface area contributed by atoms with Crippen molar-refractivity contribution in [3.63, 3.8) is 0 Å². The Morgan fingerprint density at radius 1 is 1.24 bits per heavy atom. The third kappa shape index (κ3) is 3.61. The van der Waals surface area contributed by atoms with Crippen LogP contribution in [0.4, 0.5) is 0 Å². The number of carbonyl (C=O) groups is 3. The van der Waals surface area contributed by atoms with Crippen molar-refractivity contribution in [2.24, 2.45) is 11.8 Å². The Kier molecular flexibility index (Phi) is 5.33. The molecule has 0 aromatic heterocycles. The first-order valence-electron chi connectivity index (χ1n) is 7.83. The molecule has 2 N–H and O–H groups in total. The first kappa shape index (κ1) is 15.9. The quantitative estimate of drug-likeness (QED) is 0.690. The Morgan fingerprint density at radius 2 is 1.81 bits per heavy atom. The number of nitrogens with zero attached hydrogens (tertiary/aromatic N) is 1. The van der Waals surface area contributed by atoms with Gasteiger partial charge in [-0.05, 0) is 26.8 Å². The summed E-state index contributed by atoms with van der Waals surface area (Å²) in [6.07, 6.45) is 3.87. The van der Waals surface area contributed by atoms with Crippen molar-refractivity contribution in [1.82, 2.24) is 15.5 Å². The summed E-state index contributed by atoms with van der Waals surface area (Å²) in [4.78, 5) is 37.5. The van der Waals surface area contributed by atoms with Crippen molar-refractivity contribution >= 4 is 17.7 Å². The summed E-state index contributed by atoms with van der Waals surface area (Å²) in [5.41, 5.74) is 0. The highest BCUT2D eigenvalue weighted by atomic mass is 16.2. The summed E-state index contributed by atoms with van der Waals surface area (Å²) < 4.78 is 0. The molecule has 21 heavy (non-hydrogen) atoms. The van der Waals surface area contributed by atoms with Crippen LogP contribution in [0.5, 0.6) is 0 Å². The van der Waals surface area contributed by atoms with Gasteiger partial charge in [0.05, 0.1) is 11.8 Å². The smallest absolute Gasteiger partial charge is 0.233 e. The predicted molar refractivity (Wildman–Crippen MR) is 78.3 cm³/mol. The lowest BCUT2D eigenvalue weighted by molar-refractivity contribution is -0.140. The van der Waals surface area contributed by atoms with E-state index in [4.69, 9.17) is 0 Å². The number of likely N-dealkylation sites (N-methyl/N-ethyl adjacent to an activating group) is 1. The van der Waals surface area contributed by atoms with Crippen LogP contribution in [0.3, 0.4) is 0 Å². The zero-order valence-corrected chi connectivity index (χ0v) is 12.9. The molecule has 1 aliphatic carbocycles. The summed E-state index contributed by atoms with van der Waals surface area (Å²) in [7, 11) is 1.83. The third-order valence-electron chi connectivity index (χ3n) is 4.59. The maximum absolute atomic E-state index is 12.2. The van der Waals surface area contributed by atoms with Gasteiger partial charge in [0, 0.05) is 25.6 Å². The van der Waals surface area contributed by atoms with Crippen molar-refractivity contribution in [2.75, 3.05) is 20.1 Å². The van der Waals surface area contributed by atoms with Crippen LogP contribution in [-0.2, 0) is 14.4 Å². The van der Waals surface area contributed by atoms with Crippen LogP contribution in [0.1, 0.15) is 39.0 Å². The Morgan fingerprint density at radius 3 is 2.33 bits per heavy atom. The molecule has 2 fully saturated rings. The van der Waals surface area contributed by atoms with Crippen LogP contribution in [0.15, 0.2) is 0 Å². The maximum Gasteiger partial charge on any atom is 0.233 e. The highest BCUT2D eigenvalue weighted by Gasteiger charge is 2.47. The fourth-order valence-corrected chi connectivity index (χ4v) is 3.12. The predicted octanol–water partition coefficient (Wildman–Crippen LogP) is 0.276. The van der Waals surface area contributed by atoms with Crippen molar-refractivity contribution in [2.45, 2.75) is 45.1 Å². The molecule has 1 heterocycles. The number of rotatable bonds is 6. The molecule has 3 unspecified atom stereocenters. The summed E-state index contributed by atoms with van der Waals surface area (Å²) in [5.74, 6) is -0.507. The highest BCUT2D eigenvalue weighted by Crippen LogP contribution is 2.37. The summed E-state index contributed by atoms with van der Waals surface area (Å²) in [6, 6.07) is 0.201. The SMILES string of the molecule is CNC(C)CNC(=O)CCN1C(=O)C2CCCCC2C1=O. The molecule has 1 saturated carbocycles. The van der Waals surface area contributed by atoms with Crippen LogP contribution in [0, 0.1) is 11.8 Å². The number of carbonyl (C=O) groups excluding carboxylic acids is 3. The minimum absolute atomic E-state index is 0.0684.